The van der Waals surface area contributed by atoms with Crippen LogP contribution in [-0.4, -0.2) is 37.4 Å². The van der Waals surface area contributed by atoms with Crippen molar-refractivity contribution in [1.82, 2.24) is 14.6 Å². The smallest absolute Gasteiger partial charge is 0.152 e. The lowest BCUT2D eigenvalue weighted by Crippen LogP contribution is -2.08. The Hall–Kier alpha value is -1.43. The van der Waals surface area contributed by atoms with Gasteiger partial charge in [0.2, 0.25) is 0 Å². The van der Waals surface area contributed by atoms with Crippen LogP contribution < -0.4 is 5.32 Å². The van der Waals surface area contributed by atoms with E-state index in [4.69, 9.17) is 0 Å². The summed E-state index contributed by atoms with van der Waals surface area (Å²) in [5.74, 6) is 1.95. The molecule has 6 heteroatoms. The maximum atomic E-state index is 11.0. The van der Waals surface area contributed by atoms with Crippen molar-refractivity contribution in [3.8, 4) is 0 Å². The van der Waals surface area contributed by atoms with E-state index in [9.17, 15) is 4.21 Å². The lowest BCUT2D eigenvalue weighted by molar-refractivity contribution is 0.685. The Bertz CT molecular complexity index is 579. The second kappa shape index (κ2) is 6.14. The fourth-order valence-corrected chi connectivity index (χ4v) is 2.39. The fraction of sp³-hybridized carbons (Fsp3) is 0.538. The summed E-state index contributed by atoms with van der Waals surface area (Å²) < 4.78 is 12.8. The molecule has 0 bridgehead atoms. The highest BCUT2D eigenvalue weighted by Crippen LogP contribution is 2.19. The zero-order chi connectivity index (χ0) is 13.8. The molecule has 0 aliphatic rings. The van der Waals surface area contributed by atoms with Crippen molar-refractivity contribution in [2.24, 2.45) is 0 Å². The van der Waals surface area contributed by atoms with E-state index in [1.165, 1.54) is 0 Å². The van der Waals surface area contributed by atoms with E-state index in [0.29, 0.717) is 11.7 Å². The van der Waals surface area contributed by atoms with Crippen LogP contribution in [0.25, 0.3) is 5.52 Å². The van der Waals surface area contributed by atoms with Crippen molar-refractivity contribution in [3.05, 3.63) is 24.2 Å². The third-order valence-corrected chi connectivity index (χ3v) is 3.76. The minimum Gasteiger partial charge on any atom is -0.368 e. The number of aromatic nitrogens is 3. The van der Waals surface area contributed by atoms with Crippen LogP contribution in [-0.2, 0) is 10.8 Å². The average molecular weight is 280 g/mol. The van der Waals surface area contributed by atoms with Crippen LogP contribution in [0.15, 0.2) is 18.5 Å². The molecule has 0 amide bonds. The number of anilines is 1. The largest absolute Gasteiger partial charge is 0.368 e. The second-order valence-electron chi connectivity index (χ2n) is 4.89. The molecular formula is C13H20N4OS. The van der Waals surface area contributed by atoms with E-state index >= 15 is 0 Å². The van der Waals surface area contributed by atoms with E-state index in [2.05, 4.69) is 35.3 Å². The molecule has 104 valence electrons. The number of hydrogen-bond acceptors (Lipinski definition) is 4. The molecule has 0 radical (unpaired) electrons. The first-order valence-electron chi connectivity index (χ1n) is 6.46. The highest BCUT2D eigenvalue weighted by atomic mass is 32.2. The summed E-state index contributed by atoms with van der Waals surface area (Å²) in [5, 5.41) is 7.81. The Balaban J connectivity index is 2.12. The lowest BCUT2D eigenvalue weighted by Gasteiger charge is -2.05. The highest BCUT2D eigenvalue weighted by molar-refractivity contribution is 7.84. The molecule has 0 aliphatic heterocycles. The summed E-state index contributed by atoms with van der Waals surface area (Å²) in [4.78, 5) is 4.35. The summed E-state index contributed by atoms with van der Waals surface area (Å²) in [5.41, 5.74) is 2.05. The Labute approximate surface area is 115 Å². The van der Waals surface area contributed by atoms with Crippen LogP contribution in [0.1, 0.15) is 31.9 Å². The van der Waals surface area contributed by atoms with Crippen molar-refractivity contribution in [3.63, 3.8) is 0 Å². The number of rotatable bonds is 6. The molecular weight excluding hydrogens is 260 g/mol. The summed E-state index contributed by atoms with van der Waals surface area (Å²) in [6.45, 7) is 5.02. The van der Waals surface area contributed by atoms with E-state index in [-0.39, 0.29) is 0 Å². The van der Waals surface area contributed by atoms with Gasteiger partial charge in [-0.25, -0.2) is 9.50 Å². The molecule has 2 aromatic heterocycles. The Morgan fingerprint density at radius 3 is 2.95 bits per heavy atom. The number of fused-ring (bicyclic) bond motifs is 1. The Morgan fingerprint density at radius 2 is 2.26 bits per heavy atom. The third kappa shape index (κ3) is 3.53. The number of nitrogens with one attached hydrogen (secondary N) is 1. The average Bonchev–Trinajstić information content (AvgIpc) is 2.79. The quantitative estimate of drug-likeness (QED) is 0.823. The topological polar surface area (TPSA) is 59.3 Å². The maximum Gasteiger partial charge on any atom is 0.152 e. The van der Waals surface area contributed by atoms with E-state index in [0.717, 1.165) is 30.0 Å². The molecule has 0 aliphatic carbocycles. The van der Waals surface area contributed by atoms with Gasteiger partial charge >= 0.3 is 0 Å². The first kappa shape index (κ1) is 14.0. The molecule has 0 spiro atoms. The zero-order valence-electron chi connectivity index (χ0n) is 11.6. The second-order valence-corrected chi connectivity index (χ2v) is 6.44. The van der Waals surface area contributed by atoms with Gasteiger partial charge in [0, 0.05) is 41.7 Å². The van der Waals surface area contributed by atoms with Crippen LogP contribution in [0.4, 0.5) is 5.82 Å². The van der Waals surface area contributed by atoms with Gasteiger partial charge in [-0.15, -0.1) is 0 Å². The molecule has 0 saturated heterocycles. The van der Waals surface area contributed by atoms with Gasteiger partial charge in [0.1, 0.15) is 5.52 Å². The van der Waals surface area contributed by atoms with E-state index in [1.807, 2.05) is 10.7 Å². The minimum atomic E-state index is -0.731. The molecule has 0 aromatic carbocycles. The lowest BCUT2D eigenvalue weighted by atomic mass is 10.1. The maximum absolute atomic E-state index is 11.0. The van der Waals surface area contributed by atoms with Gasteiger partial charge in [0.15, 0.2) is 5.82 Å². The molecule has 19 heavy (non-hydrogen) atoms. The minimum absolute atomic E-state index is 0.398. The van der Waals surface area contributed by atoms with Crippen LogP contribution in [0.3, 0.4) is 0 Å². The van der Waals surface area contributed by atoms with E-state index in [1.54, 1.807) is 12.5 Å². The molecule has 0 fully saturated rings. The third-order valence-electron chi connectivity index (χ3n) is 2.90. The molecule has 5 nitrogen and oxygen atoms in total. The van der Waals surface area contributed by atoms with Gasteiger partial charge < -0.3 is 5.32 Å². The predicted molar refractivity (Wildman–Crippen MR) is 79.1 cm³/mol. The van der Waals surface area contributed by atoms with Gasteiger partial charge in [-0.1, -0.05) is 13.8 Å². The standard InChI is InChI=1S/C13H20N4OS/c1-10(2)11-9-12-13(14-5-4-8-19(3)18)15-6-7-17(12)16-11/h6-7,9-10H,4-5,8H2,1-3H3,(H,14,15). The highest BCUT2D eigenvalue weighted by Gasteiger charge is 2.09. The van der Waals surface area contributed by atoms with Crippen LogP contribution in [0, 0.1) is 0 Å². The first-order chi connectivity index (χ1) is 9.08. The molecule has 2 rings (SSSR count). The van der Waals surface area contributed by atoms with Crippen molar-refractivity contribution >= 4 is 22.1 Å². The molecule has 2 heterocycles. The van der Waals surface area contributed by atoms with Gasteiger partial charge in [-0.05, 0) is 18.4 Å². The SMILES string of the molecule is CC(C)c1cc2c(NCCCS(C)=O)nccn2n1. The van der Waals surface area contributed by atoms with Gasteiger partial charge in [-0.2, -0.15) is 5.10 Å². The summed E-state index contributed by atoms with van der Waals surface area (Å²) in [7, 11) is -0.731. The summed E-state index contributed by atoms with van der Waals surface area (Å²) in [6, 6.07) is 2.07. The summed E-state index contributed by atoms with van der Waals surface area (Å²) >= 11 is 0. The van der Waals surface area contributed by atoms with Crippen molar-refractivity contribution in [1.29, 1.82) is 0 Å². The zero-order valence-corrected chi connectivity index (χ0v) is 12.4. The van der Waals surface area contributed by atoms with Gasteiger partial charge in [-0.3, -0.25) is 4.21 Å². The summed E-state index contributed by atoms with van der Waals surface area (Å²) in [6.07, 6.45) is 6.19. The Kier molecular flexibility index (Phi) is 4.52. The van der Waals surface area contributed by atoms with Crippen molar-refractivity contribution in [2.75, 3.05) is 23.9 Å². The van der Waals surface area contributed by atoms with Crippen LogP contribution >= 0.6 is 0 Å². The van der Waals surface area contributed by atoms with E-state index < -0.39 is 10.8 Å². The number of hydrogen-bond donors (Lipinski definition) is 1. The molecule has 0 saturated carbocycles. The molecule has 1 N–H and O–H groups in total. The molecule has 1 atom stereocenters. The van der Waals surface area contributed by atoms with Crippen LogP contribution in [0.2, 0.25) is 0 Å². The van der Waals surface area contributed by atoms with Crippen LogP contribution in [0.5, 0.6) is 0 Å². The number of nitrogens with zero attached hydrogens (tertiary/aromatic N) is 3. The monoisotopic (exact) mass is 280 g/mol. The first-order valence-corrected chi connectivity index (χ1v) is 8.19. The van der Waals surface area contributed by atoms with Crippen molar-refractivity contribution in [2.45, 2.75) is 26.2 Å². The normalized spacial score (nSPS) is 13.1. The molecule has 1 unspecified atom stereocenters. The Morgan fingerprint density at radius 1 is 1.47 bits per heavy atom. The van der Waals surface area contributed by atoms with Gasteiger partial charge in [0.25, 0.3) is 0 Å². The van der Waals surface area contributed by atoms with Gasteiger partial charge in [0.05, 0.1) is 5.69 Å². The molecule has 2 aromatic rings. The fourth-order valence-electron chi connectivity index (χ4n) is 1.84. The van der Waals surface area contributed by atoms with Crippen molar-refractivity contribution < 1.29 is 4.21 Å². The predicted octanol–water partition coefficient (Wildman–Crippen LogP) is 2.03.